The van der Waals surface area contributed by atoms with Crippen molar-refractivity contribution in [1.82, 2.24) is 9.55 Å². The molecule has 6 rings (SSSR count). The number of aryl methyl sites for hydroxylation is 1. The Balaban J connectivity index is 1.25. The van der Waals surface area contributed by atoms with Crippen LogP contribution < -0.4 is 0 Å². The Morgan fingerprint density at radius 3 is 2.81 bits per heavy atom. The molecule has 7 atom stereocenters. The second-order valence-corrected chi connectivity index (χ2v) is 12.7. The molecule has 4 aliphatic carbocycles. The first-order chi connectivity index (χ1) is 17.1. The van der Waals surface area contributed by atoms with Crippen molar-refractivity contribution in [2.24, 2.45) is 35.6 Å². The minimum Gasteiger partial charge on any atom is -0.393 e. The van der Waals surface area contributed by atoms with Gasteiger partial charge in [0.1, 0.15) is 5.60 Å². The molecular weight excluding hydrogens is 472 g/mol. The maximum atomic E-state index is 13.7. The van der Waals surface area contributed by atoms with Crippen LogP contribution in [0, 0.1) is 28.6 Å². The summed E-state index contributed by atoms with van der Waals surface area (Å²) in [5.41, 5.74) is 0.527. The Hall–Kier alpha value is -2.22. The van der Waals surface area contributed by atoms with E-state index in [1.165, 1.54) is 11.8 Å². The number of carbonyl (C=O) groups excluding carboxylic acids is 2. The second-order valence-electron chi connectivity index (χ2n) is 11.8. The van der Waals surface area contributed by atoms with Gasteiger partial charge < -0.3 is 14.8 Å². The first kappa shape index (κ1) is 24.1. The third-order valence-corrected chi connectivity index (χ3v) is 11.2. The lowest BCUT2D eigenvalue weighted by Crippen LogP contribution is -2.61. The molecule has 2 aromatic rings. The number of hydrogen-bond donors (Lipinski definition) is 2. The zero-order valence-corrected chi connectivity index (χ0v) is 21.9. The van der Waals surface area contributed by atoms with Crippen LogP contribution in [0.3, 0.4) is 0 Å². The van der Waals surface area contributed by atoms with Crippen molar-refractivity contribution in [3.8, 4) is 0 Å². The summed E-state index contributed by atoms with van der Waals surface area (Å²) in [4.78, 5) is 30.4. The van der Waals surface area contributed by atoms with E-state index < -0.39 is 17.1 Å². The highest BCUT2D eigenvalue weighted by Crippen LogP contribution is 2.67. The average Bonchev–Trinajstić information content (AvgIpc) is 3.31. The number of aliphatic hydroxyl groups excluding tert-OH is 1. The molecule has 0 amide bonds. The van der Waals surface area contributed by atoms with Gasteiger partial charge in [-0.3, -0.25) is 9.59 Å². The van der Waals surface area contributed by atoms with Gasteiger partial charge in [-0.2, -0.15) is 0 Å². The van der Waals surface area contributed by atoms with Gasteiger partial charge in [0.2, 0.25) is 0 Å². The van der Waals surface area contributed by atoms with Crippen LogP contribution in [0.15, 0.2) is 53.2 Å². The second kappa shape index (κ2) is 8.14. The zero-order valence-electron chi connectivity index (χ0n) is 21.1. The maximum Gasteiger partial charge on any atom is 0.178 e. The lowest BCUT2D eigenvalue weighted by molar-refractivity contribution is -0.174. The number of hydrogen-bond acceptors (Lipinski definition) is 6. The summed E-state index contributed by atoms with van der Waals surface area (Å²) in [5.74, 6) is 0.358. The Morgan fingerprint density at radius 1 is 1.25 bits per heavy atom. The molecule has 3 saturated carbocycles. The van der Waals surface area contributed by atoms with Gasteiger partial charge in [-0.25, -0.2) is 4.98 Å². The summed E-state index contributed by atoms with van der Waals surface area (Å²) in [6, 6.07) is 7.88. The number of ketones is 2. The highest BCUT2D eigenvalue weighted by molar-refractivity contribution is 7.99. The molecule has 7 heteroatoms. The predicted octanol–water partition coefficient (Wildman–Crippen LogP) is 4.24. The number of benzene rings is 1. The van der Waals surface area contributed by atoms with E-state index in [9.17, 15) is 19.8 Å². The SMILES string of the molecule is Cn1c(SCC(=O)[C@@]2(O)CC[C@H]3[C@@H]4CCC5=CC(=O)C=C[C@]5(C)[C@H]4[C@@H](O)C[C@@]32C)nc2ccccc21. The minimum absolute atomic E-state index is 0.00764. The van der Waals surface area contributed by atoms with Crippen molar-refractivity contribution < 1.29 is 19.8 Å². The van der Waals surface area contributed by atoms with Crippen LogP contribution in [-0.4, -0.2) is 48.8 Å². The van der Waals surface area contributed by atoms with Crippen molar-refractivity contribution in [3.05, 3.63) is 48.1 Å². The van der Waals surface area contributed by atoms with E-state index in [4.69, 9.17) is 0 Å². The number of aromatic nitrogens is 2. The number of rotatable bonds is 4. The zero-order chi connectivity index (χ0) is 25.5. The lowest BCUT2D eigenvalue weighted by atomic mass is 9.46. The summed E-state index contributed by atoms with van der Waals surface area (Å²) in [7, 11) is 1.95. The molecule has 0 aliphatic heterocycles. The molecule has 4 aliphatic rings. The largest absolute Gasteiger partial charge is 0.393 e. The third-order valence-electron chi connectivity index (χ3n) is 10.2. The van der Waals surface area contributed by atoms with Crippen molar-refractivity contribution in [3.63, 3.8) is 0 Å². The molecule has 3 fully saturated rings. The van der Waals surface area contributed by atoms with Crippen LogP contribution >= 0.6 is 11.8 Å². The van der Waals surface area contributed by atoms with Crippen molar-refractivity contribution in [1.29, 1.82) is 0 Å². The molecule has 0 saturated heterocycles. The first-order valence-electron chi connectivity index (χ1n) is 13.0. The molecule has 36 heavy (non-hydrogen) atoms. The third kappa shape index (κ3) is 3.21. The van der Waals surface area contributed by atoms with Crippen molar-refractivity contribution in [2.45, 2.75) is 62.8 Å². The molecule has 0 radical (unpaired) electrons. The van der Waals surface area contributed by atoms with Crippen LogP contribution in [0.1, 0.15) is 46.0 Å². The number of Topliss-reactive ketones (excluding diaryl/α,β-unsaturated/α-hetero) is 1. The van der Waals surface area contributed by atoms with Gasteiger partial charge in [0.05, 0.1) is 22.9 Å². The van der Waals surface area contributed by atoms with E-state index in [-0.39, 0.29) is 40.5 Å². The standard InChI is InChI=1S/C29H34N2O4S/c1-27-12-10-18(32)14-17(27)8-9-19-20-11-13-29(35,28(20,2)15-23(33)25(19)27)24(34)16-36-26-30-21-6-4-5-7-22(21)31(26)3/h4-7,10,12,14,19-20,23,25,33,35H,8-9,11,13,15-16H2,1-3H3/t19-,20-,23-,25+,27-,28-,29-/m0/s1. The minimum atomic E-state index is -1.46. The average molecular weight is 507 g/mol. The van der Waals surface area contributed by atoms with Gasteiger partial charge in [0.15, 0.2) is 16.7 Å². The summed E-state index contributed by atoms with van der Waals surface area (Å²) in [6.07, 6.45) is 8.04. The fourth-order valence-corrected chi connectivity index (χ4v) is 9.24. The number of nitrogens with zero attached hydrogens (tertiary/aromatic N) is 2. The Morgan fingerprint density at radius 2 is 2.03 bits per heavy atom. The molecule has 0 spiro atoms. The molecule has 0 bridgehead atoms. The molecule has 1 aromatic heterocycles. The lowest BCUT2D eigenvalue weighted by Gasteiger charge is -2.59. The number of allylic oxidation sites excluding steroid dienone is 4. The van der Waals surface area contributed by atoms with E-state index in [1.807, 2.05) is 48.9 Å². The summed E-state index contributed by atoms with van der Waals surface area (Å²) >= 11 is 1.37. The van der Waals surface area contributed by atoms with E-state index in [2.05, 4.69) is 11.9 Å². The molecule has 0 unspecified atom stereocenters. The normalized spacial score (nSPS) is 39.5. The molecule has 1 heterocycles. The fraction of sp³-hybridized carbons (Fsp3) is 0.552. The molecule has 6 nitrogen and oxygen atoms in total. The quantitative estimate of drug-likeness (QED) is 0.603. The predicted molar refractivity (Wildman–Crippen MR) is 139 cm³/mol. The van der Waals surface area contributed by atoms with Gasteiger partial charge in [-0.15, -0.1) is 0 Å². The van der Waals surface area contributed by atoms with Gasteiger partial charge in [-0.05, 0) is 68.2 Å². The monoisotopic (exact) mass is 506 g/mol. The van der Waals surface area contributed by atoms with Gasteiger partial charge in [-0.1, -0.05) is 49.4 Å². The van der Waals surface area contributed by atoms with Gasteiger partial charge in [0, 0.05) is 23.8 Å². The smallest absolute Gasteiger partial charge is 0.178 e. The Bertz CT molecular complexity index is 1330. The topological polar surface area (TPSA) is 92.4 Å². The van der Waals surface area contributed by atoms with Crippen LogP contribution in [-0.2, 0) is 16.6 Å². The number of carbonyl (C=O) groups is 2. The molecular formula is C29H34N2O4S. The number of thioether (sulfide) groups is 1. The van der Waals surface area contributed by atoms with Crippen molar-refractivity contribution in [2.75, 3.05) is 5.75 Å². The maximum absolute atomic E-state index is 13.7. The van der Waals surface area contributed by atoms with E-state index in [1.54, 1.807) is 12.2 Å². The first-order valence-corrected chi connectivity index (χ1v) is 14.0. The summed E-state index contributed by atoms with van der Waals surface area (Å²) in [5, 5.41) is 24.3. The Kier molecular flexibility index (Phi) is 5.46. The van der Waals surface area contributed by atoms with Crippen LogP contribution in [0.4, 0.5) is 0 Å². The van der Waals surface area contributed by atoms with Crippen LogP contribution in [0.25, 0.3) is 11.0 Å². The highest BCUT2D eigenvalue weighted by atomic mass is 32.2. The number of para-hydroxylation sites is 2. The van der Waals surface area contributed by atoms with E-state index in [0.29, 0.717) is 12.8 Å². The van der Waals surface area contributed by atoms with E-state index >= 15 is 0 Å². The molecule has 190 valence electrons. The summed E-state index contributed by atoms with van der Waals surface area (Å²) in [6.45, 7) is 4.17. The van der Waals surface area contributed by atoms with Crippen molar-refractivity contribution >= 4 is 34.4 Å². The van der Waals surface area contributed by atoms with Crippen LogP contribution in [0.5, 0.6) is 0 Å². The molecule has 2 N–H and O–H groups in total. The number of imidazole rings is 1. The Labute approximate surface area is 215 Å². The summed E-state index contributed by atoms with van der Waals surface area (Å²) < 4.78 is 1.99. The number of aliphatic hydroxyl groups is 2. The fourth-order valence-electron chi connectivity index (χ4n) is 8.29. The van der Waals surface area contributed by atoms with Gasteiger partial charge >= 0.3 is 0 Å². The van der Waals surface area contributed by atoms with E-state index in [0.717, 1.165) is 41.0 Å². The highest BCUT2D eigenvalue weighted by Gasteiger charge is 2.68. The molecule has 1 aromatic carbocycles. The van der Waals surface area contributed by atoms with Crippen LogP contribution in [0.2, 0.25) is 0 Å². The number of fused-ring (bicyclic) bond motifs is 6. The van der Waals surface area contributed by atoms with Gasteiger partial charge in [0.25, 0.3) is 0 Å².